The van der Waals surface area contributed by atoms with Crippen molar-refractivity contribution in [1.82, 2.24) is 19.6 Å². The van der Waals surface area contributed by atoms with E-state index in [9.17, 15) is 9.59 Å². The van der Waals surface area contributed by atoms with Crippen molar-refractivity contribution in [2.45, 2.75) is 31.9 Å². The fraction of sp³-hybridized carbons (Fsp3) is 0.303. The topological polar surface area (TPSA) is 91.7 Å². The summed E-state index contributed by atoms with van der Waals surface area (Å²) in [6.45, 7) is 7.13. The van der Waals surface area contributed by atoms with E-state index in [2.05, 4.69) is 52.1 Å². The Morgan fingerprint density at radius 2 is 1.19 bits per heavy atom. The molecule has 1 aromatic heterocycles. The van der Waals surface area contributed by atoms with Gasteiger partial charge in [0, 0.05) is 33.2 Å². The lowest BCUT2D eigenvalue weighted by molar-refractivity contribution is 0.0174. The second-order valence-electron chi connectivity index (χ2n) is 11.4. The summed E-state index contributed by atoms with van der Waals surface area (Å²) in [6.07, 6.45) is 1.29. The first-order valence-electron chi connectivity index (χ1n) is 14.2. The zero-order valence-electron chi connectivity index (χ0n) is 24.6. The number of anilines is 2. The number of rotatable bonds is 6. The third-order valence-electron chi connectivity index (χ3n) is 7.33. The zero-order chi connectivity index (χ0) is 29.7. The molecular weight excluding hydrogens is 528 g/mol. The first-order valence-corrected chi connectivity index (χ1v) is 14.2. The summed E-state index contributed by atoms with van der Waals surface area (Å²) in [6, 6.07) is 30.5. The minimum Gasteiger partial charge on any atom is -0.444 e. The van der Waals surface area contributed by atoms with Crippen molar-refractivity contribution < 1.29 is 14.3 Å². The first-order chi connectivity index (χ1) is 20.2. The lowest BCUT2D eigenvalue weighted by Crippen LogP contribution is -2.52. The normalized spacial score (nSPS) is 13.9. The third kappa shape index (κ3) is 6.10. The molecule has 218 valence electrons. The fourth-order valence-electron chi connectivity index (χ4n) is 5.25. The molecule has 0 radical (unpaired) electrons. The third-order valence-corrected chi connectivity index (χ3v) is 7.33. The Kier molecular flexibility index (Phi) is 8.20. The van der Waals surface area contributed by atoms with Gasteiger partial charge >= 0.3 is 12.1 Å². The van der Waals surface area contributed by atoms with E-state index in [0.717, 1.165) is 16.7 Å². The van der Waals surface area contributed by atoms with Crippen LogP contribution in [-0.2, 0) is 17.3 Å². The molecule has 2 N–H and O–H groups in total. The van der Waals surface area contributed by atoms with E-state index in [0.29, 0.717) is 37.7 Å². The molecule has 1 saturated heterocycles. The molecule has 9 nitrogen and oxygen atoms in total. The average molecular weight is 567 g/mol. The van der Waals surface area contributed by atoms with Gasteiger partial charge in [-0.15, -0.1) is 0 Å². The van der Waals surface area contributed by atoms with Gasteiger partial charge in [0.1, 0.15) is 22.6 Å². The van der Waals surface area contributed by atoms with Gasteiger partial charge in [0.05, 0.1) is 6.20 Å². The number of piperazine rings is 1. The van der Waals surface area contributed by atoms with Crippen LogP contribution in [0.2, 0.25) is 0 Å². The highest BCUT2D eigenvalue weighted by Gasteiger charge is 2.38. The van der Waals surface area contributed by atoms with Gasteiger partial charge in [0.15, 0.2) is 0 Å². The molecule has 1 aliphatic rings. The molecule has 0 aliphatic carbocycles. The maximum Gasteiger partial charge on any atom is 0.410 e. The number of hydrogen-bond donors (Lipinski definition) is 2. The number of urea groups is 1. The van der Waals surface area contributed by atoms with Gasteiger partial charge in [-0.3, -0.25) is 4.68 Å². The quantitative estimate of drug-likeness (QED) is 0.283. The lowest BCUT2D eigenvalue weighted by Gasteiger charge is -2.38. The second kappa shape index (κ2) is 12.0. The van der Waals surface area contributed by atoms with Crippen LogP contribution in [0.3, 0.4) is 0 Å². The van der Waals surface area contributed by atoms with Gasteiger partial charge in [0.2, 0.25) is 0 Å². The molecule has 0 atom stereocenters. The number of nitrogens with zero attached hydrogens (tertiary/aromatic N) is 4. The number of carbonyl (C=O) groups is 2. The molecule has 1 aliphatic heterocycles. The maximum atomic E-state index is 13.4. The summed E-state index contributed by atoms with van der Waals surface area (Å²) < 4.78 is 7.23. The molecule has 0 bridgehead atoms. The van der Waals surface area contributed by atoms with E-state index in [-0.39, 0.29) is 12.1 Å². The Morgan fingerprint density at radius 1 is 0.738 bits per heavy atom. The average Bonchev–Trinajstić information content (AvgIpc) is 3.34. The fourth-order valence-corrected chi connectivity index (χ4v) is 5.25. The number of amides is 3. The van der Waals surface area contributed by atoms with E-state index in [1.54, 1.807) is 20.7 Å². The smallest absolute Gasteiger partial charge is 0.410 e. The van der Waals surface area contributed by atoms with Crippen LogP contribution < -0.4 is 10.6 Å². The summed E-state index contributed by atoms with van der Waals surface area (Å²) in [4.78, 5) is 29.2. The molecule has 3 amide bonds. The van der Waals surface area contributed by atoms with E-state index in [1.165, 1.54) is 0 Å². The highest BCUT2D eigenvalue weighted by Crippen LogP contribution is 2.41. The van der Waals surface area contributed by atoms with Gasteiger partial charge in [-0.25, -0.2) is 9.59 Å². The molecule has 0 saturated carbocycles. The zero-order valence-corrected chi connectivity index (χ0v) is 24.6. The highest BCUT2D eigenvalue weighted by atomic mass is 16.6. The van der Waals surface area contributed by atoms with Crippen LogP contribution in [0.1, 0.15) is 37.5 Å². The van der Waals surface area contributed by atoms with Crippen LogP contribution in [0.5, 0.6) is 0 Å². The molecular formula is C33H38N6O3. The Balaban J connectivity index is 1.43. The van der Waals surface area contributed by atoms with E-state index in [4.69, 9.17) is 4.74 Å². The van der Waals surface area contributed by atoms with Gasteiger partial charge in [0.25, 0.3) is 0 Å². The number of nitrogens with one attached hydrogen (secondary N) is 2. The van der Waals surface area contributed by atoms with Crippen molar-refractivity contribution in [2.24, 2.45) is 7.05 Å². The molecule has 5 rings (SSSR count). The summed E-state index contributed by atoms with van der Waals surface area (Å²) in [7, 11) is 1.85. The Morgan fingerprint density at radius 3 is 1.64 bits per heavy atom. The molecule has 0 spiro atoms. The molecule has 1 fully saturated rings. The van der Waals surface area contributed by atoms with Crippen LogP contribution in [-0.4, -0.2) is 63.5 Å². The molecule has 9 heteroatoms. The Bertz CT molecular complexity index is 1390. The molecule has 3 aromatic carbocycles. The standard InChI is InChI=1S/C33H38N6O3/c1-32(2,3)42-31(41)39-22-20-38(21-23-39)30(40)35-28-24-34-37(4)29(28)36-33(25-14-8-5-9-15-25,26-16-10-6-11-17-26)27-18-12-7-13-19-27/h5-19,24,36H,20-23H2,1-4H3,(H,35,40). The van der Waals surface area contributed by atoms with Gasteiger partial charge in [-0.05, 0) is 37.5 Å². The van der Waals surface area contributed by atoms with Gasteiger partial charge in [-0.1, -0.05) is 91.0 Å². The van der Waals surface area contributed by atoms with E-state index >= 15 is 0 Å². The minimum absolute atomic E-state index is 0.250. The highest BCUT2D eigenvalue weighted by molar-refractivity contribution is 5.92. The molecule has 0 unspecified atom stereocenters. The largest absolute Gasteiger partial charge is 0.444 e. The van der Waals surface area contributed by atoms with Crippen LogP contribution >= 0.6 is 0 Å². The van der Waals surface area contributed by atoms with Crippen LogP contribution in [0.25, 0.3) is 0 Å². The summed E-state index contributed by atoms with van der Waals surface area (Å²) >= 11 is 0. The number of carbonyl (C=O) groups excluding carboxylic acids is 2. The first kappa shape index (κ1) is 28.7. The summed E-state index contributed by atoms with van der Waals surface area (Å²) in [5.41, 5.74) is 2.33. The van der Waals surface area contributed by atoms with Crippen LogP contribution in [0.15, 0.2) is 97.2 Å². The van der Waals surface area contributed by atoms with Crippen molar-refractivity contribution >= 4 is 23.6 Å². The predicted octanol–water partition coefficient (Wildman–Crippen LogP) is 5.91. The number of ether oxygens (including phenoxy) is 1. The van der Waals surface area contributed by atoms with E-state index < -0.39 is 11.1 Å². The lowest BCUT2D eigenvalue weighted by atomic mass is 9.77. The van der Waals surface area contributed by atoms with E-state index in [1.807, 2.05) is 82.4 Å². The van der Waals surface area contributed by atoms with Crippen molar-refractivity contribution in [3.05, 3.63) is 114 Å². The van der Waals surface area contributed by atoms with Crippen LogP contribution in [0.4, 0.5) is 21.1 Å². The summed E-state index contributed by atoms with van der Waals surface area (Å²) in [5, 5.41) is 11.4. The van der Waals surface area contributed by atoms with Crippen molar-refractivity contribution in [3.63, 3.8) is 0 Å². The van der Waals surface area contributed by atoms with Gasteiger partial charge < -0.3 is 25.2 Å². The number of hydrogen-bond acceptors (Lipinski definition) is 5. The maximum absolute atomic E-state index is 13.4. The van der Waals surface area contributed by atoms with Crippen molar-refractivity contribution in [1.29, 1.82) is 0 Å². The van der Waals surface area contributed by atoms with Crippen molar-refractivity contribution in [3.8, 4) is 0 Å². The second-order valence-corrected chi connectivity index (χ2v) is 11.4. The predicted molar refractivity (Wildman–Crippen MR) is 164 cm³/mol. The number of benzene rings is 3. The Hall–Kier alpha value is -4.79. The minimum atomic E-state index is -0.782. The number of aromatic nitrogens is 2. The SMILES string of the molecule is Cn1ncc(NC(=O)N2CCN(C(=O)OC(C)(C)C)CC2)c1NC(c1ccccc1)(c1ccccc1)c1ccccc1. The van der Waals surface area contributed by atoms with Crippen LogP contribution in [0, 0.1) is 0 Å². The Labute approximate surface area is 247 Å². The molecule has 4 aromatic rings. The molecule has 42 heavy (non-hydrogen) atoms. The molecule has 2 heterocycles. The number of aryl methyl sites for hydroxylation is 1. The van der Waals surface area contributed by atoms with Gasteiger partial charge in [-0.2, -0.15) is 5.10 Å². The summed E-state index contributed by atoms with van der Waals surface area (Å²) in [5.74, 6) is 0.660. The monoisotopic (exact) mass is 566 g/mol. The van der Waals surface area contributed by atoms with Crippen molar-refractivity contribution in [2.75, 3.05) is 36.8 Å².